The van der Waals surface area contributed by atoms with Gasteiger partial charge >= 0.3 is 5.97 Å². The number of rotatable bonds is 9. The van der Waals surface area contributed by atoms with Crippen LogP contribution in [-0.2, 0) is 18.0 Å². The quantitative estimate of drug-likeness (QED) is 0.175. The molecule has 0 spiro atoms. The number of aromatic amines is 1. The van der Waals surface area contributed by atoms with Gasteiger partial charge in [-0.05, 0) is 46.7 Å². The standard InChI is InChI=1S/C26H22ClIN2O4/c1-2-32-26(31)25-23(28)24(29-30-25)19-13-20(27)22(34-16-18-11-7-4-8-12-18)14-21(19)33-15-17-9-5-3-6-10-17/h3-14H,2,15-16H2,1H3,(H,29,30). The van der Waals surface area contributed by atoms with E-state index in [9.17, 15) is 4.79 Å². The molecule has 0 bridgehead atoms. The molecule has 0 fully saturated rings. The predicted molar refractivity (Wildman–Crippen MR) is 139 cm³/mol. The number of aromatic nitrogens is 2. The van der Waals surface area contributed by atoms with Gasteiger partial charge in [0.25, 0.3) is 0 Å². The Bertz CT molecular complexity index is 1260. The summed E-state index contributed by atoms with van der Waals surface area (Å²) in [4.78, 5) is 12.3. The summed E-state index contributed by atoms with van der Waals surface area (Å²) in [5.74, 6) is 0.566. The zero-order chi connectivity index (χ0) is 23.9. The molecule has 0 atom stereocenters. The van der Waals surface area contributed by atoms with E-state index in [1.165, 1.54) is 0 Å². The molecule has 34 heavy (non-hydrogen) atoms. The molecule has 4 rings (SSSR count). The number of nitrogens with zero attached hydrogens (tertiary/aromatic N) is 1. The molecule has 0 unspecified atom stereocenters. The first-order chi connectivity index (χ1) is 16.6. The maximum Gasteiger partial charge on any atom is 0.357 e. The van der Waals surface area contributed by atoms with Crippen LogP contribution >= 0.6 is 34.2 Å². The molecule has 4 aromatic rings. The fourth-order valence-electron chi connectivity index (χ4n) is 3.27. The van der Waals surface area contributed by atoms with Crippen molar-refractivity contribution in [3.63, 3.8) is 0 Å². The third kappa shape index (κ3) is 5.71. The lowest BCUT2D eigenvalue weighted by Gasteiger charge is -2.15. The monoisotopic (exact) mass is 588 g/mol. The lowest BCUT2D eigenvalue weighted by molar-refractivity contribution is 0.0518. The maximum absolute atomic E-state index is 12.3. The molecule has 0 aliphatic heterocycles. The summed E-state index contributed by atoms with van der Waals surface area (Å²) < 4.78 is 17.9. The summed E-state index contributed by atoms with van der Waals surface area (Å²) >= 11 is 8.66. The molecule has 3 aromatic carbocycles. The number of nitrogens with one attached hydrogen (secondary N) is 1. The molecule has 1 heterocycles. The lowest BCUT2D eigenvalue weighted by atomic mass is 10.1. The van der Waals surface area contributed by atoms with Crippen LogP contribution in [0.1, 0.15) is 28.5 Å². The number of carbonyl (C=O) groups is 1. The number of hydrogen-bond acceptors (Lipinski definition) is 5. The highest BCUT2D eigenvalue weighted by Gasteiger charge is 2.23. The Labute approximate surface area is 216 Å². The van der Waals surface area contributed by atoms with Crippen molar-refractivity contribution in [1.29, 1.82) is 0 Å². The molecule has 0 amide bonds. The van der Waals surface area contributed by atoms with Crippen molar-refractivity contribution >= 4 is 40.2 Å². The van der Waals surface area contributed by atoms with E-state index in [0.717, 1.165) is 11.1 Å². The van der Waals surface area contributed by atoms with E-state index in [4.69, 9.17) is 25.8 Å². The first-order valence-electron chi connectivity index (χ1n) is 10.6. The minimum Gasteiger partial charge on any atom is -0.488 e. The van der Waals surface area contributed by atoms with Crippen molar-refractivity contribution in [1.82, 2.24) is 10.2 Å². The van der Waals surface area contributed by atoms with Gasteiger partial charge in [0.1, 0.15) is 30.4 Å². The molecule has 1 N–H and O–H groups in total. The van der Waals surface area contributed by atoms with Crippen LogP contribution in [0.4, 0.5) is 0 Å². The molecule has 8 heteroatoms. The number of H-pyrrole nitrogens is 1. The number of carbonyl (C=O) groups excluding carboxylic acids is 1. The molecule has 0 aliphatic rings. The summed E-state index contributed by atoms with van der Waals surface area (Å²) in [6.45, 7) is 2.74. The molecular formula is C26H22ClIN2O4. The van der Waals surface area contributed by atoms with Gasteiger partial charge in [-0.15, -0.1) is 0 Å². The summed E-state index contributed by atoms with van der Waals surface area (Å²) in [7, 11) is 0. The fraction of sp³-hybridized carbons (Fsp3) is 0.154. The number of benzene rings is 3. The van der Waals surface area contributed by atoms with Crippen LogP contribution in [0, 0.1) is 3.57 Å². The Morgan fingerprint density at radius 3 is 2.12 bits per heavy atom. The summed E-state index contributed by atoms with van der Waals surface area (Å²) in [6, 6.07) is 23.2. The zero-order valence-electron chi connectivity index (χ0n) is 18.4. The Balaban J connectivity index is 1.68. The minimum atomic E-state index is -0.466. The van der Waals surface area contributed by atoms with Gasteiger partial charge in [-0.2, -0.15) is 5.10 Å². The van der Waals surface area contributed by atoms with E-state index in [2.05, 4.69) is 32.8 Å². The maximum atomic E-state index is 12.3. The third-order valence-electron chi connectivity index (χ3n) is 4.95. The van der Waals surface area contributed by atoms with Crippen LogP contribution in [0.5, 0.6) is 11.5 Å². The number of halogens is 2. The zero-order valence-corrected chi connectivity index (χ0v) is 21.3. The Morgan fingerprint density at radius 1 is 0.941 bits per heavy atom. The number of hydrogen-bond donors (Lipinski definition) is 1. The molecule has 0 saturated carbocycles. The second kappa shape index (κ2) is 11.4. The van der Waals surface area contributed by atoms with Crippen LogP contribution in [0.3, 0.4) is 0 Å². The molecule has 0 radical (unpaired) electrons. The van der Waals surface area contributed by atoms with Crippen molar-refractivity contribution in [3.8, 4) is 22.8 Å². The molecule has 0 saturated heterocycles. The van der Waals surface area contributed by atoms with Gasteiger partial charge < -0.3 is 14.2 Å². The number of esters is 1. The van der Waals surface area contributed by atoms with Crippen molar-refractivity contribution in [2.45, 2.75) is 20.1 Å². The summed E-state index contributed by atoms with van der Waals surface area (Å²) in [5, 5.41) is 7.54. The first-order valence-corrected chi connectivity index (χ1v) is 12.1. The van der Waals surface area contributed by atoms with E-state index in [-0.39, 0.29) is 12.3 Å². The van der Waals surface area contributed by atoms with Crippen molar-refractivity contribution in [2.75, 3.05) is 6.61 Å². The normalized spacial score (nSPS) is 10.7. The Morgan fingerprint density at radius 2 is 1.53 bits per heavy atom. The summed E-state index contributed by atoms with van der Waals surface area (Å²) in [5.41, 5.74) is 3.51. The minimum absolute atomic E-state index is 0.272. The van der Waals surface area contributed by atoms with Crippen molar-refractivity contribution < 1.29 is 19.0 Å². The second-order valence-electron chi connectivity index (χ2n) is 7.31. The van der Waals surface area contributed by atoms with E-state index in [1.54, 1.807) is 19.1 Å². The lowest BCUT2D eigenvalue weighted by Crippen LogP contribution is -2.06. The fourth-order valence-corrected chi connectivity index (χ4v) is 4.24. The molecule has 174 valence electrons. The highest BCUT2D eigenvalue weighted by molar-refractivity contribution is 14.1. The van der Waals surface area contributed by atoms with Gasteiger partial charge in [0.05, 0.1) is 15.2 Å². The van der Waals surface area contributed by atoms with Crippen molar-refractivity contribution in [2.24, 2.45) is 0 Å². The SMILES string of the molecule is CCOC(=O)c1[nH]nc(-c2cc(Cl)c(OCc3ccccc3)cc2OCc2ccccc2)c1I. The van der Waals surface area contributed by atoms with Crippen LogP contribution in [0.25, 0.3) is 11.3 Å². The van der Waals surface area contributed by atoms with Crippen LogP contribution in [0.15, 0.2) is 72.8 Å². The van der Waals surface area contributed by atoms with Gasteiger partial charge in [0, 0.05) is 11.6 Å². The molecule has 1 aromatic heterocycles. The smallest absolute Gasteiger partial charge is 0.357 e. The van der Waals surface area contributed by atoms with Gasteiger partial charge in [0.15, 0.2) is 5.69 Å². The van der Waals surface area contributed by atoms with E-state index in [1.807, 2.05) is 60.7 Å². The molecular weight excluding hydrogens is 567 g/mol. The molecule has 0 aliphatic carbocycles. The highest BCUT2D eigenvalue weighted by atomic mass is 127. The first kappa shape index (κ1) is 24.1. The van der Waals surface area contributed by atoms with Gasteiger partial charge in [-0.1, -0.05) is 72.3 Å². The topological polar surface area (TPSA) is 73.4 Å². The second-order valence-corrected chi connectivity index (χ2v) is 8.79. The van der Waals surface area contributed by atoms with Crippen LogP contribution in [-0.4, -0.2) is 22.8 Å². The molecule has 6 nitrogen and oxygen atoms in total. The van der Waals surface area contributed by atoms with E-state index in [0.29, 0.717) is 44.6 Å². The highest BCUT2D eigenvalue weighted by Crippen LogP contribution is 2.40. The van der Waals surface area contributed by atoms with E-state index < -0.39 is 5.97 Å². The predicted octanol–water partition coefficient (Wildman–Crippen LogP) is 6.67. The van der Waals surface area contributed by atoms with Crippen molar-refractivity contribution in [3.05, 3.63) is 98.2 Å². The van der Waals surface area contributed by atoms with Crippen LogP contribution < -0.4 is 9.47 Å². The van der Waals surface area contributed by atoms with Gasteiger partial charge in [-0.25, -0.2) is 4.79 Å². The Hall–Kier alpha value is -3.04. The number of ether oxygens (including phenoxy) is 3. The Kier molecular flexibility index (Phi) is 8.08. The largest absolute Gasteiger partial charge is 0.488 e. The van der Waals surface area contributed by atoms with Gasteiger partial charge in [0.2, 0.25) is 0 Å². The average molecular weight is 589 g/mol. The summed E-state index contributed by atoms with van der Waals surface area (Å²) in [6.07, 6.45) is 0. The van der Waals surface area contributed by atoms with Gasteiger partial charge in [-0.3, -0.25) is 5.10 Å². The average Bonchev–Trinajstić information content (AvgIpc) is 3.25. The third-order valence-corrected chi connectivity index (χ3v) is 6.30. The van der Waals surface area contributed by atoms with E-state index >= 15 is 0 Å². The van der Waals surface area contributed by atoms with Crippen LogP contribution in [0.2, 0.25) is 5.02 Å².